The Morgan fingerprint density at radius 1 is 1.24 bits per heavy atom. The first-order valence-corrected chi connectivity index (χ1v) is 5.00. The summed E-state index contributed by atoms with van der Waals surface area (Å²) in [6.45, 7) is 0.0126. The maximum absolute atomic E-state index is 11.7. The zero-order chi connectivity index (χ0) is 13.5. The number of rotatable bonds is 8. The highest BCUT2D eigenvalue weighted by Gasteiger charge is 2.29. The van der Waals surface area contributed by atoms with E-state index in [1.165, 1.54) is 4.90 Å². The van der Waals surface area contributed by atoms with Crippen molar-refractivity contribution in [2.75, 3.05) is 46.9 Å². The maximum atomic E-state index is 11.7. The molecule has 102 valence electrons. The van der Waals surface area contributed by atoms with Crippen LogP contribution in [0.5, 0.6) is 0 Å². The highest BCUT2D eigenvalue weighted by Crippen LogP contribution is 2.15. The van der Waals surface area contributed by atoms with E-state index in [-0.39, 0.29) is 13.1 Å². The zero-order valence-corrected chi connectivity index (χ0v) is 9.83. The van der Waals surface area contributed by atoms with E-state index in [9.17, 15) is 18.0 Å². The van der Waals surface area contributed by atoms with E-state index in [1.807, 2.05) is 4.90 Å². The molecule has 17 heavy (non-hydrogen) atoms. The molecule has 0 aromatic rings. The second-order valence-corrected chi connectivity index (χ2v) is 3.77. The Balaban J connectivity index is 3.97. The molecule has 1 N–H and O–H groups in total. The number of ether oxygens (including phenoxy) is 1. The standard InChI is InChI=1S/C9H17F3N2O3/c1-13(2)3-4-14(7-8(15)16)5-6-17-9(10,11)12/h3-7H2,1-2H3,(H,15,16). The Morgan fingerprint density at radius 2 is 1.82 bits per heavy atom. The van der Waals surface area contributed by atoms with Crippen LogP contribution in [-0.4, -0.2) is 74.1 Å². The second-order valence-electron chi connectivity index (χ2n) is 3.77. The Kier molecular flexibility index (Phi) is 7.09. The van der Waals surface area contributed by atoms with Crippen molar-refractivity contribution in [1.29, 1.82) is 0 Å². The molecule has 0 saturated carbocycles. The van der Waals surface area contributed by atoms with Gasteiger partial charge in [0, 0.05) is 19.6 Å². The van der Waals surface area contributed by atoms with Crippen LogP contribution in [0.1, 0.15) is 0 Å². The minimum atomic E-state index is -4.67. The quantitative estimate of drug-likeness (QED) is 0.686. The average molecular weight is 258 g/mol. The summed E-state index contributed by atoms with van der Waals surface area (Å²) < 4.78 is 38.8. The predicted molar refractivity (Wildman–Crippen MR) is 54.6 cm³/mol. The van der Waals surface area contributed by atoms with Crippen LogP contribution >= 0.6 is 0 Å². The summed E-state index contributed by atoms with van der Waals surface area (Å²) in [7, 11) is 3.59. The molecule has 0 saturated heterocycles. The summed E-state index contributed by atoms with van der Waals surface area (Å²) in [6, 6.07) is 0. The first-order chi connectivity index (χ1) is 7.70. The number of carboxylic acid groups (broad SMARTS) is 1. The highest BCUT2D eigenvalue weighted by molar-refractivity contribution is 5.69. The van der Waals surface area contributed by atoms with E-state index in [0.717, 1.165) is 0 Å². The first kappa shape index (κ1) is 16.1. The van der Waals surface area contributed by atoms with Crippen LogP contribution in [0.3, 0.4) is 0 Å². The minimum absolute atomic E-state index is 0.0698. The lowest BCUT2D eigenvalue weighted by molar-refractivity contribution is -0.324. The number of carboxylic acids is 1. The van der Waals surface area contributed by atoms with Crippen LogP contribution in [0.2, 0.25) is 0 Å². The first-order valence-electron chi connectivity index (χ1n) is 5.00. The zero-order valence-electron chi connectivity index (χ0n) is 9.83. The molecule has 0 radical (unpaired) electrons. The number of halogens is 3. The van der Waals surface area contributed by atoms with Crippen molar-refractivity contribution in [3.8, 4) is 0 Å². The van der Waals surface area contributed by atoms with Crippen molar-refractivity contribution in [1.82, 2.24) is 9.80 Å². The summed E-state index contributed by atoms with van der Waals surface area (Å²) in [5.41, 5.74) is 0. The molecule has 0 bridgehead atoms. The molecule has 0 spiro atoms. The number of aliphatic carboxylic acids is 1. The minimum Gasteiger partial charge on any atom is -0.480 e. The third-order valence-electron chi connectivity index (χ3n) is 1.90. The molecule has 0 atom stereocenters. The SMILES string of the molecule is CN(C)CCN(CCOC(F)(F)F)CC(=O)O. The van der Waals surface area contributed by atoms with Crippen LogP contribution in [0.25, 0.3) is 0 Å². The monoisotopic (exact) mass is 258 g/mol. The van der Waals surface area contributed by atoms with E-state index < -0.39 is 18.9 Å². The molecule has 0 aliphatic heterocycles. The molecule has 0 amide bonds. The van der Waals surface area contributed by atoms with E-state index in [0.29, 0.717) is 13.1 Å². The van der Waals surface area contributed by atoms with Crippen molar-refractivity contribution in [2.24, 2.45) is 0 Å². The Morgan fingerprint density at radius 3 is 2.24 bits per heavy atom. The van der Waals surface area contributed by atoms with Gasteiger partial charge in [0.25, 0.3) is 0 Å². The van der Waals surface area contributed by atoms with Gasteiger partial charge in [0.15, 0.2) is 0 Å². The van der Waals surface area contributed by atoms with Gasteiger partial charge < -0.3 is 10.0 Å². The van der Waals surface area contributed by atoms with Crippen molar-refractivity contribution in [2.45, 2.75) is 6.36 Å². The molecule has 0 rings (SSSR count). The highest BCUT2D eigenvalue weighted by atomic mass is 19.4. The van der Waals surface area contributed by atoms with Gasteiger partial charge >= 0.3 is 12.3 Å². The largest absolute Gasteiger partial charge is 0.522 e. The fourth-order valence-electron chi connectivity index (χ4n) is 1.09. The van der Waals surface area contributed by atoms with E-state index >= 15 is 0 Å². The van der Waals surface area contributed by atoms with Crippen molar-refractivity contribution < 1.29 is 27.8 Å². The molecule has 0 heterocycles. The lowest BCUT2D eigenvalue weighted by Crippen LogP contribution is -2.38. The molecule has 8 heteroatoms. The van der Waals surface area contributed by atoms with Gasteiger partial charge in [-0.2, -0.15) is 0 Å². The van der Waals surface area contributed by atoms with Crippen LogP contribution in [0.4, 0.5) is 13.2 Å². The Bertz CT molecular complexity index is 234. The maximum Gasteiger partial charge on any atom is 0.522 e. The van der Waals surface area contributed by atoms with E-state index in [4.69, 9.17) is 5.11 Å². The van der Waals surface area contributed by atoms with Gasteiger partial charge in [-0.1, -0.05) is 0 Å². The molecule has 0 unspecified atom stereocenters. The second kappa shape index (κ2) is 7.46. The van der Waals surface area contributed by atoms with Crippen molar-refractivity contribution >= 4 is 5.97 Å². The van der Waals surface area contributed by atoms with Crippen LogP contribution in [0, 0.1) is 0 Å². The lowest BCUT2D eigenvalue weighted by Gasteiger charge is -2.22. The average Bonchev–Trinajstić information content (AvgIpc) is 2.10. The third kappa shape index (κ3) is 11.4. The molecule has 0 aliphatic carbocycles. The normalized spacial score (nSPS) is 12.4. The van der Waals surface area contributed by atoms with Gasteiger partial charge in [0.2, 0.25) is 0 Å². The summed E-state index contributed by atoms with van der Waals surface area (Å²) in [4.78, 5) is 13.7. The summed E-state index contributed by atoms with van der Waals surface area (Å²) in [6.07, 6.45) is -4.67. The number of hydrogen-bond acceptors (Lipinski definition) is 4. The Labute approximate surface area is 97.7 Å². The van der Waals surface area contributed by atoms with Gasteiger partial charge in [0.1, 0.15) is 0 Å². The fraction of sp³-hybridized carbons (Fsp3) is 0.889. The number of nitrogens with zero attached hydrogens (tertiary/aromatic N) is 2. The Hall–Kier alpha value is -0.860. The summed E-state index contributed by atoms with van der Waals surface area (Å²) in [5, 5.41) is 8.59. The summed E-state index contributed by atoms with van der Waals surface area (Å²) in [5.74, 6) is -1.07. The van der Waals surface area contributed by atoms with Gasteiger partial charge in [-0.25, -0.2) is 0 Å². The smallest absolute Gasteiger partial charge is 0.480 e. The van der Waals surface area contributed by atoms with E-state index in [1.54, 1.807) is 14.1 Å². The number of carbonyl (C=O) groups is 1. The number of hydrogen-bond donors (Lipinski definition) is 1. The van der Waals surface area contributed by atoms with Crippen molar-refractivity contribution in [3.05, 3.63) is 0 Å². The molecule has 0 aromatic heterocycles. The summed E-state index contributed by atoms with van der Waals surface area (Å²) >= 11 is 0. The molecule has 5 nitrogen and oxygen atoms in total. The predicted octanol–water partition coefficient (Wildman–Crippen LogP) is 0.471. The third-order valence-corrected chi connectivity index (χ3v) is 1.90. The topological polar surface area (TPSA) is 53.0 Å². The molecular weight excluding hydrogens is 241 g/mol. The van der Waals surface area contributed by atoms with Gasteiger partial charge in [0.05, 0.1) is 13.2 Å². The van der Waals surface area contributed by atoms with Gasteiger partial charge in [-0.15, -0.1) is 13.2 Å². The molecule has 0 fully saturated rings. The number of alkyl halides is 3. The van der Waals surface area contributed by atoms with Crippen LogP contribution in [-0.2, 0) is 9.53 Å². The molecule has 0 aliphatic rings. The fourth-order valence-corrected chi connectivity index (χ4v) is 1.09. The molecular formula is C9H17F3N2O3. The van der Waals surface area contributed by atoms with Crippen molar-refractivity contribution in [3.63, 3.8) is 0 Å². The lowest BCUT2D eigenvalue weighted by atomic mass is 10.4. The van der Waals surface area contributed by atoms with Gasteiger partial charge in [-0.05, 0) is 14.1 Å². The number of likely N-dealkylation sites (N-methyl/N-ethyl adjacent to an activating group) is 1. The molecule has 0 aromatic carbocycles. The van der Waals surface area contributed by atoms with Crippen LogP contribution in [0.15, 0.2) is 0 Å². The van der Waals surface area contributed by atoms with Gasteiger partial charge in [-0.3, -0.25) is 14.4 Å². The van der Waals surface area contributed by atoms with Crippen LogP contribution < -0.4 is 0 Å². The van der Waals surface area contributed by atoms with E-state index in [2.05, 4.69) is 4.74 Å².